The van der Waals surface area contributed by atoms with E-state index in [0.717, 1.165) is 34.2 Å². The summed E-state index contributed by atoms with van der Waals surface area (Å²) in [7, 11) is 0. The molecule has 1 saturated heterocycles. The highest BCUT2D eigenvalue weighted by atomic mass is 16.5. The Kier molecular flexibility index (Phi) is 4.34. The summed E-state index contributed by atoms with van der Waals surface area (Å²) in [4.78, 5) is 9.40. The summed E-state index contributed by atoms with van der Waals surface area (Å²) in [6.45, 7) is 4.90. The van der Waals surface area contributed by atoms with Gasteiger partial charge >= 0.3 is 0 Å². The average molecular weight is 350 g/mol. The first kappa shape index (κ1) is 16.9. The van der Waals surface area contributed by atoms with Crippen LogP contribution in [0.2, 0.25) is 0 Å². The highest BCUT2D eigenvalue weighted by Gasteiger charge is 2.26. The molecule has 0 aliphatic carbocycles. The first-order valence-electron chi connectivity index (χ1n) is 8.87. The van der Waals surface area contributed by atoms with E-state index in [0.29, 0.717) is 24.6 Å². The summed E-state index contributed by atoms with van der Waals surface area (Å²) in [5, 5.41) is 21.5. The number of phenolic OH excluding ortho intramolecular Hbond substituents is 1. The van der Waals surface area contributed by atoms with Crippen molar-refractivity contribution < 1.29 is 14.9 Å². The number of aryl methyl sites for hydroxylation is 2. The molecule has 0 saturated carbocycles. The van der Waals surface area contributed by atoms with Crippen LogP contribution in [0.3, 0.4) is 0 Å². The molecule has 134 valence electrons. The lowest BCUT2D eigenvalue weighted by atomic mass is 9.93. The molecule has 0 radical (unpaired) electrons. The second-order valence-corrected chi connectivity index (χ2v) is 6.99. The van der Waals surface area contributed by atoms with Gasteiger partial charge in [0.05, 0.1) is 18.4 Å². The Balaban J connectivity index is 1.79. The molecule has 5 nitrogen and oxygen atoms in total. The number of hydrogen-bond donors (Lipinski definition) is 2. The van der Waals surface area contributed by atoms with Crippen LogP contribution in [0.4, 0.5) is 0 Å². The number of nitrogens with zero attached hydrogens (tertiary/aromatic N) is 2. The minimum absolute atomic E-state index is 0.0341. The molecule has 4 rings (SSSR count). The van der Waals surface area contributed by atoms with E-state index < -0.39 is 6.10 Å². The minimum atomic E-state index is -0.541. The van der Waals surface area contributed by atoms with Crippen molar-refractivity contribution >= 4 is 11.0 Å². The zero-order valence-electron chi connectivity index (χ0n) is 14.9. The van der Waals surface area contributed by atoms with Crippen LogP contribution in [0.15, 0.2) is 36.4 Å². The van der Waals surface area contributed by atoms with Gasteiger partial charge in [-0.2, -0.15) is 0 Å². The monoisotopic (exact) mass is 350 g/mol. The van der Waals surface area contributed by atoms with Crippen molar-refractivity contribution in [3.05, 3.63) is 53.2 Å². The lowest BCUT2D eigenvalue weighted by molar-refractivity contribution is -0.0213. The van der Waals surface area contributed by atoms with Crippen LogP contribution in [-0.2, 0) is 4.74 Å². The molecule has 5 heteroatoms. The number of rotatable bonds is 2. The molecule has 1 fully saturated rings. The second-order valence-electron chi connectivity index (χ2n) is 6.99. The van der Waals surface area contributed by atoms with E-state index in [1.54, 1.807) is 6.07 Å². The Morgan fingerprint density at radius 2 is 1.88 bits per heavy atom. The van der Waals surface area contributed by atoms with Gasteiger partial charge in [0.1, 0.15) is 5.75 Å². The number of pyridine rings is 2. The fourth-order valence-electron chi connectivity index (χ4n) is 3.71. The lowest BCUT2D eigenvalue weighted by Gasteiger charge is -2.27. The van der Waals surface area contributed by atoms with Crippen molar-refractivity contribution in [2.24, 2.45) is 0 Å². The molecule has 1 aliphatic heterocycles. The largest absolute Gasteiger partial charge is 0.507 e. The van der Waals surface area contributed by atoms with Gasteiger partial charge in [-0.05, 0) is 61.7 Å². The summed E-state index contributed by atoms with van der Waals surface area (Å²) in [5.74, 6) is 0.193. The average Bonchev–Trinajstić information content (AvgIpc) is 2.60. The molecule has 1 aromatic carbocycles. The fraction of sp³-hybridized carbons (Fsp3) is 0.333. The zero-order valence-corrected chi connectivity index (χ0v) is 14.9. The SMILES string of the molecule is Cc1cc(C)c(-c2ccc3ccc(C4CCOCC4O)nc3n2)c(O)c1. The van der Waals surface area contributed by atoms with Gasteiger partial charge in [-0.1, -0.05) is 6.07 Å². The topological polar surface area (TPSA) is 75.5 Å². The van der Waals surface area contributed by atoms with Crippen LogP contribution in [0.5, 0.6) is 5.75 Å². The fourth-order valence-corrected chi connectivity index (χ4v) is 3.71. The summed E-state index contributed by atoms with van der Waals surface area (Å²) in [6.07, 6.45) is 0.206. The van der Waals surface area contributed by atoms with Gasteiger partial charge in [-0.3, -0.25) is 0 Å². The molecule has 0 spiro atoms. The molecular weight excluding hydrogens is 328 g/mol. The number of aliphatic hydroxyl groups is 1. The number of ether oxygens (including phenoxy) is 1. The van der Waals surface area contributed by atoms with Gasteiger partial charge in [-0.25, -0.2) is 9.97 Å². The lowest BCUT2D eigenvalue weighted by Crippen LogP contribution is -2.31. The molecule has 26 heavy (non-hydrogen) atoms. The Morgan fingerprint density at radius 3 is 2.65 bits per heavy atom. The van der Waals surface area contributed by atoms with Gasteiger partial charge in [0.25, 0.3) is 0 Å². The van der Waals surface area contributed by atoms with Crippen LogP contribution >= 0.6 is 0 Å². The quantitative estimate of drug-likeness (QED) is 0.740. The van der Waals surface area contributed by atoms with Crippen molar-refractivity contribution in [3.63, 3.8) is 0 Å². The molecule has 2 unspecified atom stereocenters. The van der Waals surface area contributed by atoms with E-state index in [9.17, 15) is 10.2 Å². The number of aromatic hydroxyl groups is 1. The van der Waals surface area contributed by atoms with E-state index in [1.165, 1.54) is 0 Å². The van der Waals surface area contributed by atoms with Crippen molar-refractivity contribution in [1.29, 1.82) is 0 Å². The molecule has 3 heterocycles. The Labute approximate surface area is 152 Å². The van der Waals surface area contributed by atoms with E-state index in [2.05, 4.69) is 0 Å². The first-order valence-corrected chi connectivity index (χ1v) is 8.87. The Bertz CT molecular complexity index is 948. The van der Waals surface area contributed by atoms with Crippen molar-refractivity contribution in [2.75, 3.05) is 13.2 Å². The third-order valence-corrected chi connectivity index (χ3v) is 5.00. The first-order chi connectivity index (χ1) is 12.5. The number of hydrogen-bond acceptors (Lipinski definition) is 5. The van der Waals surface area contributed by atoms with Gasteiger partial charge in [0.2, 0.25) is 0 Å². The predicted octanol–water partition coefficient (Wildman–Crippen LogP) is 3.48. The Hall–Kier alpha value is -2.50. The molecule has 2 atom stereocenters. The summed E-state index contributed by atoms with van der Waals surface area (Å²) in [6, 6.07) is 11.6. The highest BCUT2D eigenvalue weighted by molar-refractivity contribution is 5.81. The molecule has 1 aliphatic rings. The van der Waals surface area contributed by atoms with Crippen LogP contribution in [0, 0.1) is 13.8 Å². The van der Waals surface area contributed by atoms with E-state index in [-0.39, 0.29) is 11.7 Å². The normalized spacial score (nSPS) is 20.4. The maximum Gasteiger partial charge on any atom is 0.160 e. The molecule has 2 aromatic heterocycles. The van der Waals surface area contributed by atoms with E-state index >= 15 is 0 Å². The van der Waals surface area contributed by atoms with Crippen LogP contribution in [-0.4, -0.2) is 39.5 Å². The zero-order chi connectivity index (χ0) is 18.3. The molecule has 0 amide bonds. The van der Waals surface area contributed by atoms with Crippen molar-refractivity contribution in [3.8, 4) is 17.0 Å². The molecule has 2 N–H and O–H groups in total. The standard InChI is InChI=1S/C21H22N2O3/c1-12-9-13(2)20(18(24)10-12)17-6-4-14-3-5-16(22-21(14)23-17)15-7-8-26-11-19(15)25/h3-6,9-10,15,19,24-25H,7-8,11H2,1-2H3. The number of aromatic nitrogens is 2. The minimum Gasteiger partial charge on any atom is -0.507 e. The van der Waals surface area contributed by atoms with Crippen LogP contribution in [0.25, 0.3) is 22.3 Å². The predicted molar refractivity (Wildman–Crippen MR) is 100 cm³/mol. The summed E-state index contributed by atoms with van der Waals surface area (Å²) >= 11 is 0. The van der Waals surface area contributed by atoms with E-state index in [4.69, 9.17) is 14.7 Å². The molecular formula is C21H22N2O3. The summed E-state index contributed by atoms with van der Waals surface area (Å²) < 4.78 is 5.31. The van der Waals surface area contributed by atoms with E-state index in [1.807, 2.05) is 44.2 Å². The number of aliphatic hydroxyl groups excluding tert-OH is 1. The number of phenols is 1. The summed E-state index contributed by atoms with van der Waals surface area (Å²) in [5.41, 5.74) is 4.88. The second kappa shape index (κ2) is 6.67. The van der Waals surface area contributed by atoms with Gasteiger partial charge < -0.3 is 14.9 Å². The third-order valence-electron chi connectivity index (χ3n) is 5.00. The molecule has 0 bridgehead atoms. The molecule has 3 aromatic rings. The maximum atomic E-state index is 10.4. The maximum absolute atomic E-state index is 10.4. The van der Waals surface area contributed by atoms with Crippen molar-refractivity contribution in [1.82, 2.24) is 9.97 Å². The van der Waals surface area contributed by atoms with Gasteiger partial charge in [-0.15, -0.1) is 0 Å². The number of fused-ring (bicyclic) bond motifs is 1. The third kappa shape index (κ3) is 3.04. The Morgan fingerprint density at radius 1 is 1.08 bits per heavy atom. The van der Waals surface area contributed by atoms with Crippen LogP contribution in [0.1, 0.15) is 29.2 Å². The number of benzene rings is 1. The highest BCUT2D eigenvalue weighted by Crippen LogP contribution is 2.33. The smallest absolute Gasteiger partial charge is 0.160 e. The van der Waals surface area contributed by atoms with Crippen molar-refractivity contribution in [2.45, 2.75) is 32.3 Å². The van der Waals surface area contributed by atoms with Gasteiger partial charge in [0, 0.05) is 29.2 Å². The van der Waals surface area contributed by atoms with Crippen LogP contribution < -0.4 is 0 Å². The van der Waals surface area contributed by atoms with Gasteiger partial charge in [0.15, 0.2) is 5.65 Å².